The summed E-state index contributed by atoms with van der Waals surface area (Å²) in [5.74, 6) is -1.21. The summed E-state index contributed by atoms with van der Waals surface area (Å²) in [5.41, 5.74) is 5.18. The standard InChI is InChI=1S/C9H18N2O3/c1-7(9(13)14)3-2-6-11-8(12)4-5-10/h7H,2-6,10H2,1H3,(H,11,12)(H,13,14). The molecule has 5 heteroatoms. The van der Waals surface area contributed by atoms with Crippen molar-refractivity contribution >= 4 is 11.9 Å². The van der Waals surface area contributed by atoms with Crippen LogP contribution in [0.4, 0.5) is 0 Å². The van der Waals surface area contributed by atoms with E-state index in [0.717, 1.165) is 0 Å². The molecule has 0 heterocycles. The Bertz CT molecular complexity index is 194. The zero-order chi connectivity index (χ0) is 11.0. The predicted molar refractivity (Wildman–Crippen MR) is 52.7 cm³/mol. The van der Waals surface area contributed by atoms with Crippen molar-refractivity contribution in [3.8, 4) is 0 Å². The number of nitrogens with two attached hydrogens (primary N) is 1. The highest BCUT2D eigenvalue weighted by atomic mass is 16.4. The van der Waals surface area contributed by atoms with E-state index >= 15 is 0 Å². The number of carbonyl (C=O) groups is 2. The van der Waals surface area contributed by atoms with E-state index in [9.17, 15) is 9.59 Å². The lowest BCUT2D eigenvalue weighted by Crippen LogP contribution is -2.27. The van der Waals surface area contributed by atoms with Crippen molar-refractivity contribution in [2.75, 3.05) is 13.1 Å². The summed E-state index contributed by atoms with van der Waals surface area (Å²) in [7, 11) is 0. The summed E-state index contributed by atoms with van der Waals surface area (Å²) < 4.78 is 0. The summed E-state index contributed by atoms with van der Waals surface area (Å²) in [6.07, 6.45) is 1.59. The molecule has 0 aliphatic heterocycles. The second-order valence-electron chi connectivity index (χ2n) is 3.27. The van der Waals surface area contributed by atoms with Gasteiger partial charge < -0.3 is 16.2 Å². The lowest BCUT2D eigenvalue weighted by atomic mass is 10.1. The Morgan fingerprint density at radius 2 is 2.14 bits per heavy atom. The Balaban J connectivity index is 3.37. The molecular weight excluding hydrogens is 184 g/mol. The quantitative estimate of drug-likeness (QED) is 0.505. The van der Waals surface area contributed by atoms with Crippen molar-refractivity contribution in [1.29, 1.82) is 0 Å². The monoisotopic (exact) mass is 202 g/mol. The average Bonchev–Trinajstić information content (AvgIpc) is 2.12. The lowest BCUT2D eigenvalue weighted by molar-refractivity contribution is -0.141. The van der Waals surface area contributed by atoms with E-state index in [0.29, 0.717) is 32.4 Å². The number of hydrogen-bond acceptors (Lipinski definition) is 3. The summed E-state index contributed by atoms with van der Waals surface area (Å²) in [6, 6.07) is 0. The molecule has 0 aliphatic rings. The summed E-state index contributed by atoms with van der Waals surface area (Å²) >= 11 is 0. The van der Waals surface area contributed by atoms with Gasteiger partial charge in [0, 0.05) is 19.5 Å². The van der Waals surface area contributed by atoms with Gasteiger partial charge in [-0.15, -0.1) is 0 Å². The third-order valence-corrected chi connectivity index (χ3v) is 1.93. The Kier molecular flexibility index (Phi) is 6.74. The molecule has 0 aromatic carbocycles. The Morgan fingerprint density at radius 1 is 1.50 bits per heavy atom. The maximum absolute atomic E-state index is 10.9. The molecule has 1 unspecified atom stereocenters. The first-order chi connectivity index (χ1) is 6.57. The van der Waals surface area contributed by atoms with Gasteiger partial charge in [-0.25, -0.2) is 0 Å². The highest BCUT2D eigenvalue weighted by Gasteiger charge is 2.09. The van der Waals surface area contributed by atoms with Gasteiger partial charge in [-0.1, -0.05) is 6.92 Å². The van der Waals surface area contributed by atoms with Gasteiger partial charge in [0.2, 0.25) is 5.91 Å². The zero-order valence-electron chi connectivity index (χ0n) is 8.45. The Labute approximate surface area is 83.7 Å². The van der Waals surface area contributed by atoms with Crippen LogP contribution in [0.1, 0.15) is 26.2 Å². The van der Waals surface area contributed by atoms with E-state index in [1.54, 1.807) is 6.92 Å². The molecule has 0 radical (unpaired) electrons. The van der Waals surface area contributed by atoms with Crippen LogP contribution in [-0.4, -0.2) is 30.1 Å². The maximum atomic E-state index is 10.9. The third-order valence-electron chi connectivity index (χ3n) is 1.93. The smallest absolute Gasteiger partial charge is 0.306 e. The molecule has 82 valence electrons. The largest absolute Gasteiger partial charge is 0.481 e. The van der Waals surface area contributed by atoms with Crippen LogP contribution in [0.5, 0.6) is 0 Å². The van der Waals surface area contributed by atoms with Gasteiger partial charge in [-0.3, -0.25) is 9.59 Å². The molecule has 0 rings (SSSR count). The highest BCUT2D eigenvalue weighted by Crippen LogP contribution is 2.03. The van der Waals surface area contributed by atoms with E-state index in [2.05, 4.69) is 5.32 Å². The number of aliphatic carboxylic acids is 1. The average molecular weight is 202 g/mol. The maximum Gasteiger partial charge on any atom is 0.306 e. The van der Waals surface area contributed by atoms with Crippen LogP contribution in [-0.2, 0) is 9.59 Å². The van der Waals surface area contributed by atoms with Crippen LogP contribution in [0.25, 0.3) is 0 Å². The van der Waals surface area contributed by atoms with Crippen molar-refractivity contribution in [3.05, 3.63) is 0 Å². The minimum atomic E-state index is -0.793. The number of amides is 1. The van der Waals surface area contributed by atoms with Crippen LogP contribution in [0.3, 0.4) is 0 Å². The zero-order valence-corrected chi connectivity index (χ0v) is 8.45. The predicted octanol–water partition coefficient (Wildman–Crippen LogP) is -0.0477. The molecule has 0 saturated heterocycles. The second kappa shape index (κ2) is 7.32. The van der Waals surface area contributed by atoms with Gasteiger partial charge in [0.25, 0.3) is 0 Å². The molecule has 0 saturated carbocycles. The van der Waals surface area contributed by atoms with Gasteiger partial charge in [0.1, 0.15) is 0 Å². The minimum absolute atomic E-state index is 0.0736. The summed E-state index contributed by atoms with van der Waals surface area (Å²) in [4.78, 5) is 21.3. The SMILES string of the molecule is CC(CCCNC(=O)CCN)C(=O)O. The molecule has 0 aliphatic carbocycles. The van der Waals surface area contributed by atoms with Crippen molar-refractivity contribution in [2.24, 2.45) is 11.7 Å². The van der Waals surface area contributed by atoms with Crippen molar-refractivity contribution in [2.45, 2.75) is 26.2 Å². The van der Waals surface area contributed by atoms with Crippen LogP contribution in [0.2, 0.25) is 0 Å². The molecule has 5 nitrogen and oxygen atoms in total. The first-order valence-electron chi connectivity index (χ1n) is 4.77. The van der Waals surface area contributed by atoms with E-state index in [1.807, 2.05) is 0 Å². The molecule has 0 aromatic heterocycles. The van der Waals surface area contributed by atoms with Crippen molar-refractivity contribution < 1.29 is 14.7 Å². The summed E-state index contributed by atoms with van der Waals surface area (Å²) in [6.45, 7) is 2.53. The van der Waals surface area contributed by atoms with Crippen LogP contribution in [0, 0.1) is 5.92 Å². The van der Waals surface area contributed by atoms with Gasteiger partial charge >= 0.3 is 5.97 Å². The van der Waals surface area contributed by atoms with Crippen molar-refractivity contribution in [1.82, 2.24) is 5.32 Å². The molecule has 0 aromatic rings. The normalized spacial score (nSPS) is 12.1. The van der Waals surface area contributed by atoms with E-state index in [4.69, 9.17) is 10.8 Å². The molecule has 0 spiro atoms. The van der Waals surface area contributed by atoms with Gasteiger partial charge in [-0.2, -0.15) is 0 Å². The van der Waals surface area contributed by atoms with Gasteiger partial charge in [0.15, 0.2) is 0 Å². The number of nitrogens with one attached hydrogen (secondary N) is 1. The molecule has 1 atom stereocenters. The number of rotatable bonds is 7. The van der Waals surface area contributed by atoms with Gasteiger partial charge in [-0.05, 0) is 12.8 Å². The Morgan fingerprint density at radius 3 is 2.64 bits per heavy atom. The molecule has 14 heavy (non-hydrogen) atoms. The van der Waals surface area contributed by atoms with E-state index < -0.39 is 5.97 Å². The van der Waals surface area contributed by atoms with Crippen LogP contribution in [0.15, 0.2) is 0 Å². The number of carboxylic acid groups (broad SMARTS) is 1. The number of hydrogen-bond donors (Lipinski definition) is 3. The first-order valence-corrected chi connectivity index (χ1v) is 4.77. The minimum Gasteiger partial charge on any atom is -0.481 e. The number of carboxylic acids is 1. The molecule has 1 amide bonds. The number of carbonyl (C=O) groups excluding carboxylic acids is 1. The van der Waals surface area contributed by atoms with Crippen LogP contribution >= 0.6 is 0 Å². The fraction of sp³-hybridized carbons (Fsp3) is 0.778. The molecule has 0 fully saturated rings. The topological polar surface area (TPSA) is 92.4 Å². The van der Waals surface area contributed by atoms with Gasteiger partial charge in [0.05, 0.1) is 5.92 Å². The second-order valence-corrected chi connectivity index (χ2v) is 3.27. The third kappa shape index (κ3) is 6.42. The lowest BCUT2D eigenvalue weighted by Gasteiger charge is -2.06. The molecule has 0 bridgehead atoms. The highest BCUT2D eigenvalue weighted by molar-refractivity contribution is 5.76. The van der Waals surface area contributed by atoms with E-state index in [1.165, 1.54) is 0 Å². The molecular formula is C9H18N2O3. The summed E-state index contributed by atoms with van der Waals surface area (Å²) in [5, 5.41) is 11.2. The van der Waals surface area contributed by atoms with Crippen molar-refractivity contribution in [3.63, 3.8) is 0 Å². The van der Waals surface area contributed by atoms with E-state index in [-0.39, 0.29) is 11.8 Å². The Hall–Kier alpha value is -1.10. The first kappa shape index (κ1) is 12.9. The molecule has 4 N–H and O–H groups in total. The fourth-order valence-corrected chi connectivity index (χ4v) is 0.979. The van der Waals surface area contributed by atoms with Crippen LogP contribution < -0.4 is 11.1 Å². The fourth-order valence-electron chi connectivity index (χ4n) is 0.979.